The van der Waals surface area contributed by atoms with E-state index in [9.17, 15) is 35.1 Å². The van der Waals surface area contributed by atoms with Gasteiger partial charge in [0.05, 0.1) is 72.6 Å². The van der Waals surface area contributed by atoms with E-state index in [0.717, 1.165) is 0 Å². The standard InChI is InChI=1S/C41H74N2O16/c1-14-29-41(10,50)34(46)24(4)31(42-54-21-53-16-15-51-12)22(2)18-39(8,49)36(59-38-32(45)28(43(11)20-44)17-23(3)55-38)25(5)33(26(6)37(48)57-29)58-30-19-40(9,52-13)35(47)27(7)56-30/h20,22-30,32-36,38,45-47,49-50H,14-19,21H2,1-13H3/b42-31+/t22-,23-,24+,25+,26-,27+,28+,29-,30+,32-,33+,34-,35+,36-,38+,39-,40-,41-/m1/s1. The molecule has 5 N–H and O–H groups in total. The molecule has 0 saturated carbocycles. The average Bonchev–Trinajstić information content (AvgIpc) is 3.18. The largest absolute Gasteiger partial charge is 0.459 e. The molecule has 59 heavy (non-hydrogen) atoms. The molecule has 0 aliphatic carbocycles. The van der Waals surface area contributed by atoms with Crippen LogP contribution in [0, 0.1) is 23.7 Å². The minimum atomic E-state index is -1.99. The summed E-state index contributed by atoms with van der Waals surface area (Å²) in [5, 5.41) is 63.5. The number of oxime groups is 1. The molecule has 3 saturated heterocycles. The zero-order valence-electron chi connectivity index (χ0n) is 37.3. The minimum absolute atomic E-state index is 0.0615. The first-order chi connectivity index (χ1) is 27.5. The third kappa shape index (κ3) is 12.3. The van der Waals surface area contributed by atoms with Crippen LogP contribution < -0.4 is 0 Å². The number of esters is 1. The van der Waals surface area contributed by atoms with Gasteiger partial charge in [-0.25, -0.2) is 0 Å². The molecular weight excluding hydrogens is 776 g/mol. The van der Waals surface area contributed by atoms with E-state index in [1.54, 1.807) is 69.4 Å². The monoisotopic (exact) mass is 851 g/mol. The summed E-state index contributed by atoms with van der Waals surface area (Å²) in [6.45, 7) is 16.9. The zero-order valence-corrected chi connectivity index (χ0v) is 37.3. The molecule has 3 rings (SSSR count). The second-order valence-electron chi connectivity index (χ2n) is 17.5. The third-order valence-electron chi connectivity index (χ3n) is 12.6. The van der Waals surface area contributed by atoms with E-state index in [4.69, 9.17) is 42.7 Å². The van der Waals surface area contributed by atoms with Gasteiger partial charge < -0.3 is 73.2 Å². The first-order valence-electron chi connectivity index (χ1n) is 20.8. The molecule has 18 heteroatoms. The Balaban J connectivity index is 2.23. The molecule has 3 aliphatic heterocycles. The molecule has 18 nitrogen and oxygen atoms in total. The van der Waals surface area contributed by atoms with Crippen molar-refractivity contribution in [2.45, 2.75) is 179 Å². The topological polar surface area (TPSA) is 234 Å². The lowest BCUT2D eigenvalue weighted by atomic mass is 9.73. The molecule has 344 valence electrons. The van der Waals surface area contributed by atoms with Gasteiger partial charge in [0, 0.05) is 45.4 Å². The maximum atomic E-state index is 14.3. The predicted molar refractivity (Wildman–Crippen MR) is 213 cm³/mol. The fourth-order valence-electron chi connectivity index (χ4n) is 8.90. The number of cyclic esters (lactones) is 1. The van der Waals surface area contributed by atoms with Crippen LogP contribution in [0.4, 0.5) is 0 Å². The number of carbonyl (C=O) groups is 2. The number of carbonyl (C=O) groups excluding carboxylic acids is 2. The molecule has 0 unspecified atom stereocenters. The van der Waals surface area contributed by atoms with E-state index in [0.29, 0.717) is 19.4 Å². The SMILES string of the molecule is CC[C@H]1OC(=O)[C@H](C)[C@@H](O[C@H]2C[C@@](C)(OC)[C@@H](O)[C@H](C)O2)[C@H](C)[C@@H](O[C@@H]2O[C@H](C)C[C@H](N(C)C=O)[C@H]2O)[C@](C)(O)C[C@@H](C)/C(=N\OCOCCOC)[C@H](C)[C@@H](O)[C@]1(C)O. The fraction of sp³-hybridized carbons (Fsp3) is 0.927. The van der Waals surface area contributed by atoms with Gasteiger partial charge in [-0.2, -0.15) is 0 Å². The van der Waals surface area contributed by atoms with Crippen molar-refractivity contribution in [2.24, 2.45) is 28.8 Å². The summed E-state index contributed by atoms with van der Waals surface area (Å²) in [4.78, 5) is 33.1. The number of aliphatic hydroxyl groups is 5. The Bertz CT molecular complexity index is 1350. The minimum Gasteiger partial charge on any atom is -0.459 e. The number of hydrogen-bond donors (Lipinski definition) is 5. The fourth-order valence-corrected chi connectivity index (χ4v) is 8.90. The van der Waals surface area contributed by atoms with Gasteiger partial charge in [0.1, 0.15) is 23.9 Å². The number of amides is 1. The predicted octanol–water partition coefficient (Wildman–Crippen LogP) is 1.74. The molecule has 18 atom stereocenters. The maximum absolute atomic E-state index is 14.3. The summed E-state index contributed by atoms with van der Waals surface area (Å²) in [5.41, 5.74) is -4.66. The van der Waals surface area contributed by atoms with E-state index < -0.39 is 114 Å². The molecular formula is C41H74N2O16. The van der Waals surface area contributed by atoms with Crippen molar-refractivity contribution in [2.75, 3.05) is 41.3 Å². The Morgan fingerprint density at radius 2 is 1.59 bits per heavy atom. The Hall–Kier alpha value is -2.07. The van der Waals surface area contributed by atoms with Gasteiger partial charge in [0.25, 0.3) is 0 Å². The van der Waals surface area contributed by atoms with Crippen LogP contribution in [0.15, 0.2) is 5.16 Å². The van der Waals surface area contributed by atoms with Crippen LogP contribution in [0.3, 0.4) is 0 Å². The summed E-state index contributed by atoms with van der Waals surface area (Å²) in [6.07, 6.45) is -10.1. The van der Waals surface area contributed by atoms with Crippen molar-refractivity contribution < 1.29 is 77.9 Å². The van der Waals surface area contributed by atoms with Crippen LogP contribution >= 0.6 is 0 Å². The molecule has 0 aromatic carbocycles. The van der Waals surface area contributed by atoms with Gasteiger partial charge in [-0.1, -0.05) is 32.9 Å². The summed E-state index contributed by atoms with van der Waals surface area (Å²) in [6, 6.07) is -0.682. The van der Waals surface area contributed by atoms with Gasteiger partial charge in [-0.05, 0) is 60.8 Å². The van der Waals surface area contributed by atoms with Crippen molar-refractivity contribution >= 4 is 18.1 Å². The molecule has 0 radical (unpaired) electrons. The summed E-state index contributed by atoms with van der Waals surface area (Å²) in [7, 11) is 4.55. The number of likely N-dealkylation sites (N-methyl/N-ethyl adjacent to an activating group) is 1. The average molecular weight is 851 g/mol. The lowest BCUT2D eigenvalue weighted by molar-refractivity contribution is -0.317. The normalized spacial score (nSPS) is 45.0. The maximum Gasteiger partial charge on any atom is 0.311 e. The van der Waals surface area contributed by atoms with Crippen molar-refractivity contribution in [1.82, 2.24) is 4.90 Å². The van der Waals surface area contributed by atoms with E-state index in [2.05, 4.69) is 5.16 Å². The van der Waals surface area contributed by atoms with Crippen molar-refractivity contribution in [3.63, 3.8) is 0 Å². The molecule has 0 bridgehead atoms. The third-order valence-corrected chi connectivity index (χ3v) is 12.6. The summed E-state index contributed by atoms with van der Waals surface area (Å²) in [5.74, 6) is -4.37. The highest BCUT2D eigenvalue weighted by molar-refractivity contribution is 5.88. The van der Waals surface area contributed by atoms with Gasteiger partial charge in [-0.3, -0.25) is 9.59 Å². The van der Waals surface area contributed by atoms with Crippen LogP contribution in [0.5, 0.6) is 0 Å². The molecule has 0 aromatic heterocycles. The number of rotatable bonds is 14. The van der Waals surface area contributed by atoms with Gasteiger partial charge in [-0.15, -0.1) is 0 Å². The lowest BCUT2D eigenvalue weighted by Gasteiger charge is -2.49. The number of aliphatic hydroxyl groups excluding tert-OH is 3. The van der Waals surface area contributed by atoms with E-state index in [1.165, 1.54) is 26.0 Å². The highest BCUT2D eigenvalue weighted by atomic mass is 16.7. The molecule has 3 heterocycles. The quantitative estimate of drug-likeness (QED) is 0.0551. The molecule has 3 fully saturated rings. The highest BCUT2D eigenvalue weighted by Crippen LogP contribution is 2.41. The van der Waals surface area contributed by atoms with E-state index in [1.807, 2.05) is 0 Å². The second kappa shape index (κ2) is 21.8. The van der Waals surface area contributed by atoms with Crippen LogP contribution in [0.25, 0.3) is 0 Å². The summed E-state index contributed by atoms with van der Waals surface area (Å²) < 4.78 is 47.9. The van der Waals surface area contributed by atoms with Crippen LogP contribution in [-0.4, -0.2) is 174 Å². The van der Waals surface area contributed by atoms with E-state index >= 15 is 0 Å². The van der Waals surface area contributed by atoms with Gasteiger partial charge in [0.2, 0.25) is 13.2 Å². The Morgan fingerprint density at radius 1 is 0.932 bits per heavy atom. The second-order valence-corrected chi connectivity index (χ2v) is 17.5. The van der Waals surface area contributed by atoms with Gasteiger partial charge >= 0.3 is 5.97 Å². The van der Waals surface area contributed by atoms with Crippen LogP contribution in [-0.2, 0) is 52.3 Å². The first-order valence-corrected chi connectivity index (χ1v) is 20.8. The Morgan fingerprint density at radius 3 is 2.19 bits per heavy atom. The molecule has 1 amide bonds. The van der Waals surface area contributed by atoms with Crippen LogP contribution in [0.2, 0.25) is 0 Å². The number of ether oxygens (including phenoxy) is 8. The van der Waals surface area contributed by atoms with Crippen molar-refractivity contribution in [3.05, 3.63) is 0 Å². The Labute approximate surface area is 349 Å². The van der Waals surface area contributed by atoms with Crippen LogP contribution in [0.1, 0.15) is 94.9 Å². The number of nitrogens with zero attached hydrogens (tertiary/aromatic N) is 2. The smallest absolute Gasteiger partial charge is 0.311 e. The molecule has 0 spiro atoms. The zero-order chi connectivity index (χ0) is 44.6. The Kier molecular flexibility index (Phi) is 19.0. The van der Waals surface area contributed by atoms with Gasteiger partial charge in [0.15, 0.2) is 12.6 Å². The number of hydrogen-bond acceptors (Lipinski definition) is 17. The highest BCUT2D eigenvalue weighted by Gasteiger charge is 2.53. The van der Waals surface area contributed by atoms with Crippen molar-refractivity contribution in [3.8, 4) is 0 Å². The summed E-state index contributed by atoms with van der Waals surface area (Å²) >= 11 is 0. The lowest BCUT2D eigenvalue weighted by Crippen LogP contribution is -2.61. The number of methoxy groups -OCH3 is 2. The van der Waals surface area contributed by atoms with E-state index in [-0.39, 0.29) is 38.4 Å². The first kappa shape index (κ1) is 51.3. The van der Waals surface area contributed by atoms with Crippen molar-refractivity contribution in [1.29, 1.82) is 0 Å². The molecule has 3 aliphatic rings. The molecule has 0 aromatic rings.